The van der Waals surface area contributed by atoms with Crippen molar-refractivity contribution >= 4 is 23.3 Å². The summed E-state index contributed by atoms with van der Waals surface area (Å²) in [6.45, 7) is 3.21. The minimum atomic E-state index is -0.613. The Morgan fingerprint density at radius 3 is 2.37 bits per heavy atom. The molecule has 1 aliphatic heterocycles. The molecule has 3 aromatic carbocycles. The number of nitrogens with zero attached hydrogens (tertiary/aromatic N) is 1. The number of nitrogens with two attached hydrogens (primary N) is 1. The first kappa shape index (κ1) is 24.3. The molecule has 7 nitrogen and oxygen atoms in total. The summed E-state index contributed by atoms with van der Waals surface area (Å²) in [6.07, 6.45) is 1.32. The number of piperidine rings is 1. The molecular formula is C28H31N3O4. The van der Waals surface area contributed by atoms with Gasteiger partial charge in [-0.2, -0.15) is 0 Å². The fourth-order valence-corrected chi connectivity index (χ4v) is 4.28. The lowest BCUT2D eigenvalue weighted by atomic mass is 9.97. The lowest BCUT2D eigenvalue weighted by Crippen LogP contribution is -2.35. The van der Waals surface area contributed by atoms with E-state index in [1.54, 1.807) is 49.6 Å². The van der Waals surface area contributed by atoms with E-state index in [0.29, 0.717) is 35.1 Å². The normalized spacial score (nSPS) is 14.3. The molecule has 0 aliphatic carbocycles. The number of anilines is 2. The quantitative estimate of drug-likeness (QED) is 0.354. The maximum atomic E-state index is 13.1. The van der Waals surface area contributed by atoms with Crippen LogP contribution in [0.25, 0.3) is 0 Å². The third-order valence-electron chi connectivity index (χ3n) is 6.33. The van der Waals surface area contributed by atoms with E-state index in [0.717, 1.165) is 32.5 Å². The average Bonchev–Trinajstić information content (AvgIpc) is 2.90. The highest BCUT2D eigenvalue weighted by atomic mass is 16.5. The molecule has 1 fully saturated rings. The van der Waals surface area contributed by atoms with Crippen molar-refractivity contribution in [1.82, 2.24) is 4.90 Å². The molecule has 0 bridgehead atoms. The van der Waals surface area contributed by atoms with Gasteiger partial charge in [0.2, 0.25) is 0 Å². The second-order valence-electron chi connectivity index (χ2n) is 8.76. The molecule has 1 aliphatic rings. The number of nitrogens with one attached hydrogen (secondary N) is 1. The van der Waals surface area contributed by atoms with E-state index >= 15 is 0 Å². The minimum absolute atomic E-state index is 0.249. The number of amides is 1. The van der Waals surface area contributed by atoms with Crippen molar-refractivity contribution in [3.63, 3.8) is 0 Å². The lowest BCUT2D eigenvalue weighted by molar-refractivity contribution is 0.102. The standard InChI is InChI=1S/C28H31N3O4/c1-34-23-12-10-22(11-13-23)27(32)24-8-5-9-25(29)26(24)30-28(33)35-19-21-14-16-31(17-15-21)18-20-6-3-2-4-7-20/h2-13,21H,14-19,29H2,1H3,(H,30,33). The Balaban J connectivity index is 1.31. The summed E-state index contributed by atoms with van der Waals surface area (Å²) in [5.41, 5.74) is 8.74. The number of carbonyl (C=O) groups is 2. The predicted molar refractivity (Wildman–Crippen MR) is 137 cm³/mol. The summed E-state index contributed by atoms with van der Waals surface area (Å²) < 4.78 is 10.7. The molecule has 7 heteroatoms. The molecule has 0 atom stereocenters. The number of benzene rings is 3. The molecule has 4 rings (SSSR count). The first-order valence-electron chi connectivity index (χ1n) is 11.8. The Morgan fingerprint density at radius 2 is 1.69 bits per heavy atom. The molecule has 35 heavy (non-hydrogen) atoms. The average molecular weight is 474 g/mol. The SMILES string of the molecule is COc1ccc(C(=O)c2cccc(N)c2NC(=O)OCC2CCN(Cc3ccccc3)CC2)cc1. The molecular weight excluding hydrogens is 442 g/mol. The number of hydrogen-bond acceptors (Lipinski definition) is 6. The summed E-state index contributed by atoms with van der Waals surface area (Å²) in [5.74, 6) is 0.712. The number of nitrogen functional groups attached to an aromatic ring is 1. The smallest absolute Gasteiger partial charge is 0.411 e. The number of carbonyl (C=O) groups excluding carboxylic acids is 2. The van der Waals surface area contributed by atoms with Gasteiger partial charge in [0.1, 0.15) is 5.75 Å². The highest BCUT2D eigenvalue weighted by molar-refractivity contribution is 6.15. The Bertz CT molecular complexity index is 1140. The lowest BCUT2D eigenvalue weighted by Gasteiger charge is -2.31. The van der Waals surface area contributed by atoms with E-state index in [2.05, 4.69) is 34.5 Å². The first-order chi connectivity index (χ1) is 17.0. The molecule has 1 heterocycles. The zero-order valence-corrected chi connectivity index (χ0v) is 19.9. The first-order valence-corrected chi connectivity index (χ1v) is 11.8. The van der Waals surface area contributed by atoms with Gasteiger partial charge < -0.3 is 15.2 Å². The Kier molecular flexibility index (Phi) is 8.00. The number of likely N-dealkylation sites (tertiary alicyclic amines) is 1. The Labute approximate surface area is 205 Å². The van der Waals surface area contributed by atoms with Crippen molar-refractivity contribution in [3.8, 4) is 5.75 Å². The number of rotatable bonds is 8. The highest BCUT2D eigenvalue weighted by Gasteiger charge is 2.22. The topological polar surface area (TPSA) is 93.9 Å². The van der Waals surface area contributed by atoms with Crippen LogP contribution in [0, 0.1) is 5.92 Å². The summed E-state index contributed by atoms with van der Waals surface area (Å²) in [5, 5.41) is 2.69. The van der Waals surface area contributed by atoms with Crippen molar-refractivity contribution in [2.45, 2.75) is 19.4 Å². The molecule has 3 N–H and O–H groups in total. The van der Waals surface area contributed by atoms with E-state index in [1.165, 1.54) is 5.56 Å². The molecule has 0 spiro atoms. The van der Waals surface area contributed by atoms with Crippen LogP contribution in [0.2, 0.25) is 0 Å². The van der Waals surface area contributed by atoms with E-state index in [4.69, 9.17) is 15.2 Å². The maximum absolute atomic E-state index is 13.1. The third kappa shape index (κ3) is 6.39. The van der Waals surface area contributed by atoms with Gasteiger partial charge in [-0.1, -0.05) is 36.4 Å². The second kappa shape index (κ2) is 11.5. The fourth-order valence-electron chi connectivity index (χ4n) is 4.28. The molecule has 0 unspecified atom stereocenters. The van der Waals surface area contributed by atoms with Crippen molar-refractivity contribution in [2.75, 3.05) is 37.9 Å². The van der Waals surface area contributed by atoms with Crippen molar-refractivity contribution in [3.05, 3.63) is 89.5 Å². The van der Waals surface area contributed by atoms with Gasteiger partial charge in [-0.15, -0.1) is 0 Å². The largest absolute Gasteiger partial charge is 0.497 e. The molecule has 0 radical (unpaired) electrons. The number of ketones is 1. The summed E-state index contributed by atoms with van der Waals surface area (Å²) in [6, 6.07) is 22.2. The minimum Gasteiger partial charge on any atom is -0.497 e. The number of hydrogen-bond donors (Lipinski definition) is 2. The van der Waals surface area contributed by atoms with Crippen LogP contribution in [0.3, 0.4) is 0 Å². The van der Waals surface area contributed by atoms with E-state index in [9.17, 15) is 9.59 Å². The van der Waals surface area contributed by atoms with Gasteiger partial charge in [0.15, 0.2) is 5.78 Å². The highest BCUT2D eigenvalue weighted by Crippen LogP contribution is 2.27. The van der Waals surface area contributed by atoms with Gasteiger partial charge in [-0.05, 0) is 73.8 Å². The second-order valence-corrected chi connectivity index (χ2v) is 8.76. The zero-order valence-electron chi connectivity index (χ0n) is 19.9. The summed E-state index contributed by atoms with van der Waals surface area (Å²) in [7, 11) is 1.57. The Hall–Kier alpha value is -3.84. The summed E-state index contributed by atoms with van der Waals surface area (Å²) >= 11 is 0. The van der Waals surface area contributed by atoms with Gasteiger partial charge in [0.25, 0.3) is 0 Å². The number of methoxy groups -OCH3 is 1. The van der Waals surface area contributed by atoms with Gasteiger partial charge in [0.05, 0.1) is 25.1 Å². The molecule has 0 saturated carbocycles. The van der Waals surface area contributed by atoms with Crippen LogP contribution in [-0.4, -0.2) is 43.6 Å². The number of para-hydroxylation sites is 1. The third-order valence-corrected chi connectivity index (χ3v) is 6.33. The van der Waals surface area contributed by atoms with Crippen molar-refractivity contribution in [1.29, 1.82) is 0 Å². The van der Waals surface area contributed by atoms with Crippen molar-refractivity contribution < 1.29 is 19.1 Å². The van der Waals surface area contributed by atoms with Gasteiger partial charge >= 0.3 is 6.09 Å². The van der Waals surface area contributed by atoms with Gasteiger partial charge in [0, 0.05) is 17.7 Å². The van der Waals surface area contributed by atoms with Crippen molar-refractivity contribution in [2.24, 2.45) is 5.92 Å². The summed E-state index contributed by atoms with van der Waals surface area (Å²) in [4.78, 5) is 28.1. The van der Waals surface area contributed by atoms with Crippen LogP contribution in [0.1, 0.15) is 34.3 Å². The van der Waals surface area contributed by atoms with E-state index in [-0.39, 0.29) is 11.5 Å². The molecule has 182 valence electrons. The van der Waals surface area contributed by atoms with Gasteiger partial charge in [-0.25, -0.2) is 4.79 Å². The Morgan fingerprint density at radius 1 is 0.971 bits per heavy atom. The van der Waals surface area contributed by atoms with Crippen LogP contribution in [0.5, 0.6) is 5.75 Å². The van der Waals surface area contributed by atoms with Crippen LogP contribution in [0.15, 0.2) is 72.8 Å². The van der Waals surface area contributed by atoms with Crippen LogP contribution in [0.4, 0.5) is 16.2 Å². The fraction of sp³-hybridized carbons (Fsp3) is 0.286. The maximum Gasteiger partial charge on any atom is 0.411 e. The number of ether oxygens (including phenoxy) is 2. The van der Waals surface area contributed by atoms with Crippen LogP contribution >= 0.6 is 0 Å². The van der Waals surface area contributed by atoms with E-state index in [1.807, 2.05) is 6.07 Å². The molecule has 3 aromatic rings. The van der Waals surface area contributed by atoms with Crippen LogP contribution in [-0.2, 0) is 11.3 Å². The van der Waals surface area contributed by atoms with Gasteiger partial charge in [-0.3, -0.25) is 15.0 Å². The monoisotopic (exact) mass is 473 g/mol. The van der Waals surface area contributed by atoms with E-state index < -0.39 is 6.09 Å². The zero-order chi connectivity index (χ0) is 24.6. The van der Waals surface area contributed by atoms with Crippen LogP contribution < -0.4 is 15.8 Å². The molecule has 1 saturated heterocycles. The molecule has 0 aromatic heterocycles. The molecule has 1 amide bonds. The predicted octanol–water partition coefficient (Wildman–Crippen LogP) is 4.97.